The summed E-state index contributed by atoms with van der Waals surface area (Å²) in [6.07, 6.45) is 5.60. The Labute approximate surface area is 86.2 Å². The first-order valence-corrected chi connectivity index (χ1v) is 6.12. The van der Waals surface area contributed by atoms with E-state index in [4.69, 9.17) is 0 Å². The number of hydrogen-bond acceptors (Lipinski definition) is 3. The lowest BCUT2D eigenvalue weighted by atomic mass is 10.2. The van der Waals surface area contributed by atoms with Crippen LogP contribution in [0.4, 0.5) is 0 Å². The van der Waals surface area contributed by atoms with Crippen LogP contribution in [0.2, 0.25) is 0 Å². The van der Waals surface area contributed by atoms with Crippen molar-refractivity contribution in [1.82, 2.24) is 15.5 Å². The van der Waals surface area contributed by atoms with Crippen LogP contribution in [0.1, 0.15) is 25.7 Å². The zero-order chi connectivity index (χ0) is 9.38. The van der Waals surface area contributed by atoms with E-state index in [2.05, 4.69) is 15.5 Å². The minimum Gasteiger partial charge on any atom is -0.315 e. The molecule has 1 aliphatic carbocycles. The Hall–Kier alpha value is -0.120. The Bertz CT molecular complexity index is 197. The van der Waals surface area contributed by atoms with E-state index in [1.54, 1.807) is 0 Å². The summed E-state index contributed by atoms with van der Waals surface area (Å²) in [5, 5.41) is 7.20. The van der Waals surface area contributed by atoms with Crippen molar-refractivity contribution in [1.29, 1.82) is 0 Å². The maximum Gasteiger partial charge on any atom is 0.0210 e. The van der Waals surface area contributed by atoms with Gasteiger partial charge in [0.2, 0.25) is 0 Å². The summed E-state index contributed by atoms with van der Waals surface area (Å²) in [4.78, 5) is 2.68. The van der Waals surface area contributed by atoms with E-state index in [1.165, 1.54) is 51.9 Å². The predicted octanol–water partition coefficient (Wildman–Crippen LogP) is 0.175. The molecule has 2 atom stereocenters. The van der Waals surface area contributed by atoms with E-state index in [0.29, 0.717) is 0 Å². The second kappa shape index (κ2) is 3.80. The minimum atomic E-state index is 0.749. The Morgan fingerprint density at radius 3 is 2.71 bits per heavy atom. The van der Waals surface area contributed by atoms with Crippen molar-refractivity contribution < 1.29 is 0 Å². The molecule has 2 aliphatic heterocycles. The van der Waals surface area contributed by atoms with Gasteiger partial charge < -0.3 is 10.6 Å². The van der Waals surface area contributed by atoms with Crippen molar-refractivity contribution in [3.05, 3.63) is 0 Å². The fraction of sp³-hybridized carbons (Fsp3) is 1.00. The van der Waals surface area contributed by atoms with Crippen LogP contribution in [-0.2, 0) is 0 Å². The third kappa shape index (κ3) is 1.95. The molecule has 3 heteroatoms. The number of likely N-dealkylation sites (tertiary alicyclic amines) is 1. The monoisotopic (exact) mass is 195 g/mol. The van der Waals surface area contributed by atoms with Gasteiger partial charge in [-0.05, 0) is 32.2 Å². The average molecular weight is 195 g/mol. The first kappa shape index (κ1) is 9.13. The molecule has 0 amide bonds. The summed E-state index contributed by atoms with van der Waals surface area (Å²) in [6, 6.07) is 2.49. The van der Waals surface area contributed by atoms with E-state index in [9.17, 15) is 0 Å². The van der Waals surface area contributed by atoms with Crippen molar-refractivity contribution in [3.8, 4) is 0 Å². The smallest absolute Gasteiger partial charge is 0.0210 e. The molecular formula is C11H21N3. The first-order chi connectivity index (χ1) is 6.92. The molecule has 80 valence electrons. The molecule has 2 saturated heterocycles. The van der Waals surface area contributed by atoms with Gasteiger partial charge in [-0.1, -0.05) is 0 Å². The average Bonchev–Trinajstić information content (AvgIpc) is 2.75. The molecule has 0 aromatic carbocycles. The molecule has 1 saturated carbocycles. The normalized spacial score (nSPS) is 39.4. The lowest BCUT2D eigenvalue weighted by Crippen LogP contribution is -2.41. The van der Waals surface area contributed by atoms with Gasteiger partial charge in [-0.3, -0.25) is 4.90 Å². The molecule has 14 heavy (non-hydrogen) atoms. The molecule has 0 bridgehead atoms. The Morgan fingerprint density at radius 2 is 2.00 bits per heavy atom. The summed E-state index contributed by atoms with van der Waals surface area (Å²) in [5.74, 6) is 0. The summed E-state index contributed by atoms with van der Waals surface area (Å²) >= 11 is 0. The maximum atomic E-state index is 3.79. The number of rotatable bonds is 3. The second-order valence-electron chi connectivity index (χ2n) is 5.07. The van der Waals surface area contributed by atoms with Gasteiger partial charge in [0, 0.05) is 37.8 Å². The molecule has 3 rings (SSSR count). The zero-order valence-electron chi connectivity index (χ0n) is 8.84. The quantitative estimate of drug-likeness (QED) is 0.672. The SMILES string of the molecule is C1CC(NC2CCN(C3CC3)C2)CN1. The molecule has 0 aromatic heterocycles. The van der Waals surface area contributed by atoms with Gasteiger partial charge in [0.1, 0.15) is 0 Å². The van der Waals surface area contributed by atoms with Crippen molar-refractivity contribution >= 4 is 0 Å². The second-order valence-corrected chi connectivity index (χ2v) is 5.07. The molecule has 2 N–H and O–H groups in total. The minimum absolute atomic E-state index is 0.749. The summed E-state index contributed by atoms with van der Waals surface area (Å²) in [7, 11) is 0. The fourth-order valence-corrected chi connectivity index (χ4v) is 2.82. The van der Waals surface area contributed by atoms with Crippen LogP contribution in [0.15, 0.2) is 0 Å². The van der Waals surface area contributed by atoms with Crippen molar-refractivity contribution in [3.63, 3.8) is 0 Å². The van der Waals surface area contributed by atoms with Crippen LogP contribution in [0.3, 0.4) is 0 Å². The number of nitrogens with zero attached hydrogens (tertiary/aromatic N) is 1. The Morgan fingerprint density at radius 1 is 1.07 bits per heavy atom. The third-order valence-corrected chi connectivity index (χ3v) is 3.81. The van der Waals surface area contributed by atoms with Crippen LogP contribution >= 0.6 is 0 Å². The van der Waals surface area contributed by atoms with E-state index in [-0.39, 0.29) is 0 Å². The van der Waals surface area contributed by atoms with Crippen LogP contribution in [0.5, 0.6) is 0 Å². The summed E-state index contributed by atoms with van der Waals surface area (Å²) in [6.45, 7) is 5.03. The maximum absolute atomic E-state index is 3.79. The van der Waals surface area contributed by atoms with Crippen LogP contribution < -0.4 is 10.6 Å². The highest BCUT2D eigenvalue weighted by Gasteiger charge is 2.34. The highest BCUT2D eigenvalue weighted by Crippen LogP contribution is 2.29. The molecular weight excluding hydrogens is 174 g/mol. The lowest BCUT2D eigenvalue weighted by Gasteiger charge is -2.19. The van der Waals surface area contributed by atoms with Crippen LogP contribution in [0, 0.1) is 0 Å². The van der Waals surface area contributed by atoms with Gasteiger partial charge in [0.15, 0.2) is 0 Å². The molecule has 2 unspecified atom stereocenters. The molecule has 0 aromatic rings. The highest BCUT2D eigenvalue weighted by atomic mass is 15.2. The van der Waals surface area contributed by atoms with Crippen LogP contribution in [-0.4, -0.2) is 49.2 Å². The summed E-state index contributed by atoms with van der Waals surface area (Å²) in [5.41, 5.74) is 0. The highest BCUT2D eigenvalue weighted by molar-refractivity contribution is 4.93. The first-order valence-electron chi connectivity index (χ1n) is 6.12. The molecule has 2 heterocycles. The lowest BCUT2D eigenvalue weighted by molar-refractivity contribution is 0.313. The topological polar surface area (TPSA) is 27.3 Å². The largest absolute Gasteiger partial charge is 0.315 e. The Balaban J connectivity index is 1.45. The van der Waals surface area contributed by atoms with Crippen LogP contribution in [0.25, 0.3) is 0 Å². The Kier molecular flexibility index (Phi) is 2.48. The van der Waals surface area contributed by atoms with Crippen molar-refractivity contribution in [2.45, 2.75) is 43.8 Å². The van der Waals surface area contributed by atoms with Gasteiger partial charge in [-0.25, -0.2) is 0 Å². The van der Waals surface area contributed by atoms with E-state index >= 15 is 0 Å². The molecule has 3 nitrogen and oxygen atoms in total. The fourth-order valence-electron chi connectivity index (χ4n) is 2.82. The summed E-state index contributed by atoms with van der Waals surface area (Å²) < 4.78 is 0. The molecule has 3 fully saturated rings. The molecule has 0 radical (unpaired) electrons. The van der Waals surface area contributed by atoms with E-state index in [1.807, 2.05) is 0 Å². The van der Waals surface area contributed by atoms with Gasteiger partial charge >= 0.3 is 0 Å². The molecule has 0 spiro atoms. The predicted molar refractivity (Wildman–Crippen MR) is 57.4 cm³/mol. The van der Waals surface area contributed by atoms with E-state index < -0.39 is 0 Å². The molecule has 3 aliphatic rings. The van der Waals surface area contributed by atoms with Gasteiger partial charge in [0.05, 0.1) is 0 Å². The van der Waals surface area contributed by atoms with Crippen molar-refractivity contribution in [2.75, 3.05) is 26.2 Å². The van der Waals surface area contributed by atoms with Gasteiger partial charge in [0.25, 0.3) is 0 Å². The van der Waals surface area contributed by atoms with Gasteiger partial charge in [-0.15, -0.1) is 0 Å². The number of nitrogens with one attached hydrogen (secondary N) is 2. The van der Waals surface area contributed by atoms with Crippen molar-refractivity contribution in [2.24, 2.45) is 0 Å². The van der Waals surface area contributed by atoms with Gasteiger partial charge in [-0.2, -0.15) is 0 Å². The zero-order valence-corrected chi connectivity index (χ0v) is 8.84. The third-order valence-electron chi connectivity index (χ3n) is 3.81. The van der Waals surface area contributed by atoms with E-state index in [0.717, 1.165) is 18.1 Å². The standard InChI is InChI=1S/C11H21N3/c1-2-11(1)14-6-4-10(8-14)13-9-3-5-12-7-9/h9-13H,1-8H2. The number of hydrogen-bond donors (Lipinski definition) is 2.